The quantitative estimate of drug-likeness (QED) is 0.692. The van der Waals surface area contributed by atoms with Crippen LogP contribution in [0.2, 0.25) is 5.02 Å². The van der Waals surface area contributed by atoms with Crippen molar-refractivity contribution in [1.29, 1.82) is 0 Å². The molecule has 152 valence electrons. The minimum absolute atomic E-state index is 0.141. The summed E-state index contributed by atoms with van der Waals surface area (Å²) >= 11 is 5.82. The van der Waals surface area contributed by atoms with E-state index in [4.69, 9.17) is 11.6 Å². The summed E-state index contributed by atoms with van der Waals surface area (Å²) in [5.41, 5.74) is -1.14. The van der Waals surface area contributed by atoms with Crippen LogP contribution < -0.4 is 4.72 Å². The maximum absolute atomic E-state index is 12.9. The fourth-order valence-corrected chi connectivity index (χ4v) is 4.95. The van der Waals surface area contributed by atoms with Crippen molar-refractivity contribution in [2.75, 3.05) is 7.11 Å². The lowest BCUT2D eigenvalue weighted by atomic mass is 9.85. The van der Waals surface area contributed by atoms with Gasteiger partial charge >= 0.3 is 12.1 Å². The summed E-state index contributed by atoms with van der Waals surface area (Å²) in [4.78, 5) is 11.3. The summed E-state index contributed by atoms with van der Waals surface area (Å²) < 4.78 is 70.8. The van der Waals surface area contributed by atoms with Crippen LogP contribution in [0.25, 0.3) is 0 Å². The van der Waals surface area contributed by atoms with Crippen LogP contribution in [0, 0.1) is 5.92 Å². The summed E-state index contributed by atoms with van der Waals surface area (Å²) in [5.74, 6) is -0.644. The summed E-state index contributed by atoms with van der Waals surface area (Å²) in [7, 11) is -3.33. The first-order valence-corrected chi connectivity index (χ1v) is 10.4. The second kappa shape index (κ2) is 8.79. The zero-order valence-electron chi connectivity index (χ0n) is 14.7. The lowest BCUT2D eigenvalue weighted by Crippen LogP contribution is -2.43. The number of ether oxygens (including phenoxy) is 1. The van der Waals surface area contributed by atoms with Crippen LogP contribution in [-0.4, -0.2) is 27.5 Å². The number of rotatable bonds is 6. The average molecular weight is 428 g/mol. The van der Waals surface area contributed by atoms with Crippen LogP contribution in [-0.2, 0) is 25.7 Å². The molecule has 1 saturated carbocycles. The van der Waals surface area contributed by atoms with Crippen molar-refractivity contribution in [1.82, 2.24) is 4.72 Å². The smallest absolute Gasteiger partial charge is 0.416 e. The molecule has 1 aliphatic rings. The Bertz CT molecular complexity index is 777. The van der Waals surface area contributed by atoms with Crippen LogP contribution in [0.1, 0.15) is 44.1 Å². The highest BCUT2D eigenvalue weighted by atomic mass is 35.5. The Balaban J connectivity index is 2.28. The highest BCUT2D eigenvalue weighted by Crippen LogP contribution is 2.34. The van der Waals surface area contributed by atoms with Gasteiger partial charge in [-0.05, 0) is 30.5 Å². The molecule has 27 heavy (non-hydrogen) atoms. The maximum Gasteiger partial charge on any atom is 0.416 e. The molecule has 1 atom stereocenters. The largest absolute Gasteiger partial charge is 0.468 e. The van der Waals surface area contributed by atoms with Crippen molar-refractivity contribution < 1.29 is 31.1 Å². The molecule has 2 rings (SSSR count). The molecule has 1 aromatic carbocycles. The number of halogens is 4. The van der Waals surface area contributed by atoms with E-state index in [1.54, 1.807) is 0 Å². The normalized spacial score (nSPS) is 17.5. The first kappa shape index (κ1) is 22.0. The molecule has 0 bridgehead atoms. The Morgan fingerprint density at radius 3 is 2.48 bits per heavy atom. The first-order chi connectivity index (χ1) is 12.5. The molecule has 0 aromatic heterocycles. The highest BCUT2D eigenvalue weighted by Gasteiger charge is 2.35. The lowest BCUT2D eigenvalue weighted by molar-refractivity contribution is -0.143. The van der Waals surface area contributed by atoms with Crippen LogP contribution in [0.4, 0.5) is 13.2 Å². The molecule has 5 nitrogen and oxygen atoms in total. The van der Waals surface area contributed by atoms with Crippen molar-refractivity contribution in [2.24, 2.45) is 5.92 Å². The molecule has 0 heterocycles. The molecule has 0 aliphatic heterocycles. The molecule has 0 saturated heterocycles. The molecule has 1 fully saturated rings. The fourth-order valence-electron chi connectivity index (χ4n) is 3.23. The maximum atomic E-state index is 12.9. The van der Waals surface area contributed by atoms with Gasteiger partial charge < -0.3 is 4.74 Å². The second-order valence-corrected chi connectivity index (χ2v) is 8.67. The van der Waals surface area contributed by atoms with Gasteiger partial charge in [0.05, 0.1) is 17.7 Å². The number of sulfonamides is 1. The van der Waals surface area contributed by atoms with Crippen molar-refractivity contribution in [3.05, 3.63) is 28.8 Å². The van der Waals surface area contributed by atoms with Gasteiger partial charge in [0.2, 0.25) is 10.0 Å². The molecule has 1 aromatic rings. The Morgan fingerprint density at radius 1 is 1.30 bits per heavy atom. The van der Waals surface area contributed by atoms with Gasteiger partial charge in [-0.1, -0.05) is 43.7 Å². The Hall–Kier alpha value is -1.32. The minimum atomic E-state index is -4.72. The molecule has 10 heteroatoms. The number of carbonyl (C=O) groups is 1. The predicted molar refractivity (Wildman–Crippen MR) is 93.8 cm³/mol. The van der Waals surface area contributed by atoms with Crippen molar-refractivity contribution in [2.45, 2.75) is 55.6 Å². The van der Waals surface area contributed by atoms with E-state index < -0.39 is 38.7 Å². The first-order valence-electron chi connectivity index (χ1n) is 8.51. The van der Waals surface area contributed by atoms with E-state index in [0.717, 1.165) is 45.3 Å². The summed E-state index contributed by atoms with van der Waals surface area (Å²) in [5, 5.41) is -0.364. The Labute approximate surface area is 161 Å². The second-order valence-electron chi connectivity index (χ2n) is 6.58. The van der Waals surface area contributed by atoms with Gasteiger partial charge in [0.25, 0.3) is 0 Å². The van der Waals surface area contributed by atoms with Gasteiger partial charge in [0, 0.05) is 0 Å². The third kappa shape index (κ3) is 5.83. The fraction of sp³-hybridized carbons (Fsp3) is 0.588. The van der Waals surface area contributed by atoms with Crippen LogP contribution in [0.15, 0.2) is 23.1 Å². The van der Waals surface area contributed by atoms with Gasteiger partial charge in [-0.2, -0.15) is 17.9 Å². The van der Waals surface area contributed by atoms with E-state index in [1.807, 2.05) is 0 Å². The summed E-state index contributed by atoms with van der Waals surface area (Å²) in [6, 6.07) is 0.835. The van der Waals surface area contributed by atoms with Gasteiger partial charge in [-0.25, -0.2) is 8.42 Å². The summed E-state index contributed by atoms with van der Waals surface area (Å²) in [6.45, 7) is 0. The van der Waals surface area contributed by atoms with Crippen LogP contribution in [0.3, 0.4) is 0 Å². The minimum Gasteiger partial charge on any atom is -0.468 e. The number of hydrogen-bond acceptors (Lipinski definition) is 4. The van der Waals surface area contributed by atoms with Crippen LogP contribution >= 0.6 is 11.6 Å². The topological polar surface area (TPSA) is 72.5 Å². The average Bonchev–Trinajstić information content (AvgIpc) is 2.60. The van der Waals surface area contributed by atoms with E-state index in [1.165, 1.54) is 0 Å². The number of nitrogens with one attached hydrogen (secondary N) is 1. The molecule has 0 spiro atoms. The van der Waals surface area contributed by atoms with Crippen molar-refractivity contribution in [3.8, 4) is 0 Å². The van der Waals surface area contributed by atoms with E-state index in [0.29, 0.717) is 12.1 Å². The number of esters is 1. The van der Waals surface area contributed by atoms with Gasteiger partial charge in [-0.15, -0.1) is 0 Å². The zero-order chi connectivity index (χ0) is 20.2. The third-order valence-electron chi connectivity index (χ3n) is 4.62. The van der Waals surface area contributed by atoms with E-state index in [2.05, 4.69) is 9.46 Å². The van der Waals surface area contributed by atoms with E-state index in [9.17, 15) is 26.4 Å². The summed E-state index contributed by atoms with van der Waals surface area (Å²) in [6.07, 6.45) is 0.292. The molecular formula is C17H21ClF3NO4S. The Kier molecular flexibility index (Phi) is 7.15. The monoisotopic (exact) mass is 427 g/mol. The molecule has 1 aliphatic carbocycles. The van der Waals surface area contributed by atoms with Gasteiger partial charge in [-0.3, -0.25) is 4.79 Å². The van der Waals surface area contributed by atoms with Gasteiger partial charge in [0.1, 0.15) is 10.9 Å². The molecule has 1 unspecified atom stereocenters. The van der Waals surface area contributed by atoms with E-state index in [-0.39, 0.29) is 17.4 Å². The number of hydrogen-bond donors (Lipinski definition) is 1. The standard InChI is InChI=1S/C17H21ClF3NO4S/c1-26-16(23)14(9-11-5-3-2-4-6-11)22-27(24,25)15-10-12(17(19,20)21)7-8-13(15)18/h7-8,10-11,14,22H,2-6,9H2,1H3. The van der Waals surface area contributed by atoms with Crippen molar-refractivity contribution in [3.63, 3.8) is 0 Å². The third-order valence-corrected chi connectivity index (χ3v) is 6.58. The number of alkyl halides is 3. The zero-order valence-corrected chi connectivity index (χ0v) is 16.3. The van der Waals surface area contributed by atoms with Crippen LogP contribution in [0.5, 0.6) is 0 Å². The van der Waals surface area contributed by atoms with Crippen molar-refractivity contribution >= 4 is 27.6 Å². The SMILES string of the molecule is COC(=O)C(CC1CCCCC1)NS(=O)(=O)c1cc(C(F)(F)F)ccc1Cl. The van der Waals surface area contributed by atoms with Gasteiger partial charge in [0.15, 0.2) is 0 Å². The number of benzene rings is 1. The molecule has 0 amide bonds. The highest BCUT2D eigenvalue weighted by molar-refractivity contribution is 7.89. The Morgan fingerprint density at radius 2 is 1.93 bits per heavy atom. The predicted octanol–water partition coefficient (Wildman–Crippen LogP) is 4.15. The molecule has 0 radical (unpaired) electrons. The number of carbonyl (C=O) groups excluding carboxylic acids is 1. The lowest BCUT2D eigenvalue weighted by Gasteiger charge is -2.26. The number of methoxy groups -OCH3 is 1. The van der Waals surface area contributed by atoms with E-state index >= 15 is 0 Å². The molecule has 1 N–H and O–H groups in total. The molecular weight excluding hydrogens is 407 g/mol.